The van der Waals surface area contributed by atoms with Gasteiger partial charge in [0, 0.05) is 19.0 Å². The molecule has 0 aliphatic carbocycles. The van der Waals surface area contributed by atoms with E-state index in [1.54, 1.807) is 4.90 Å². The largest absolute Gasteiger partial charge is 0.483 e. The summed E-state index contributed by atoms with van der Waals surface area (Å²) in [6.45, 7) is 7.75. The second-order valence-corrected chi connectivity index (χ2v) is 6.82. The molecular weight excluding hydrogens is 276 g/mol. The predicted molar refractivity (Wildman–Crippen MR) is 85.6 cm³/mol. The lowest BCUT2D eigenvalue weighted by Gasteiger charge is -2.29. The van der Waals surface area contributed by atoms with Gasteiger partial charge in [-0.3, -0.25) is 4.79 Å². The van der Waals surface area contributed by atoms with Crippen LogP contribution in [0.1, 0.15) is 39.2 Å². The summed E-state index contributed by atoms with van der Waals surface area (Å²) in [4.78, 5) is 14.0. The van der Waals surface area contributed by atoms with Crippen molar-refractivity contribution >= 4 is 5.91 Å². The Bertz CT molecular complexity index is 561. The van der Waals surface area contributed by atoms with Crippen LogP contribution in [0.3, 0.4) is 0 Å². The number of hydrogen-bond acceptors (Lipinski definition) is 3. The highest BCUT2D eigenvalue weighted by Crippen LogP contribution is 2.31. The second-order valence-electron chi connectivity index (χ2n) is 6.82. The maximum atomic E-state index is 12.2. The Kier molecular flexibility index (Phi) is 5.07. The normalized spacial score (nSPS) is 16.2. The second kappa shape index (κ2) is 6.83. The van der Waals surface area contributed by atoms with Crippen molar-refractivity contribution in [1.82, 2.24) is 4.90 Å². The van der Waals surface area contributed by atoms with Crippen molar-refractivity contribution in [3.63, 3.8) is 0 Å². The zero-order valence-corrected chi connectivity index (χ0v) is 13.6. The van der Waals surface area contributed by atoms with E-state index in [-0.39, 0.29) is 23.8 Å². The molecule has 1 aromatic carbocycles. The van der Waals surface area contributed by atoms with Crippen LogP contribution >= 0.6 is 0 Å². The van der Waals surface area contributed by atoms with Crippen molar-refractivity contribution in [3.05, 3.63) is 29.8 Å². The molecule has 1 amide bonds. The lowest BCUT2D eigenvalue weighted by atomic mass is 9.86. The predicted octanol–water partition coefficient (Wildman–Crippen LogP) is 3.13. The van der Waals surface area contributed by atoms with Gasteiger partial charge in [0.1, 0.15) is 5.75 Å². The number of piperidine rings is 1. The summed E-state index contributed by atoms with van der Waals surface area (Å²) in [5, 5.41) is 8.90. The van der Waals surface area contributed by atoms with E-state index in [9.17, 15) is 4.79 Å². The molecule has 4 nitrogen and oxygen atoms in total. The van der Waals surface area contributed by atoms with Crippen LogP contribution in [0, 0.1) is 17.2 Å². The van der Waals surface area contributed by atoms with Gasteiger partial charge in [-0.15, -0.1) is 0 Å². The monoisotopic (exact) mass is 300 g/mol. The van der Waals surface area contributed by atoms with Crippen LogP contribution in [0.2, 0.25) is 0 Å². The summed E-state index contributed by atoms with van der Waals surface area (Å²) in [6, 6.07) is 10.1. The van der Waals surface area contributed by atoms with Crippen LogP contribution in [0.15, 0.2) is 24.3 Å². The van der Waals surface area contributed by atoms with Crippen LogP contribution in [0.4, 0.5) is 0 Å². The van der Waals surface area contributed by atoms with Crippen molar-refractivity contribution in [1.29, 1.82) is 5.26 Å². The summed E-state index contributed by atoms with van der Waals surface area (Å²) < 4.78 is 5.78. The zero-order chi connectivity index (χ0) is 16.2. The first-order chi connectivity index (χ1) is 10.4. The van der Waals surface area contributed by atoms with Crippen LogP contribution in [-0.2, 0) is 10.2 Å². The topological polar surface area (TPSA) is 53.3 Å². The molecule has 0 spiro atoms. The van der Waals surface area contributed by atoms with Crippen LogP contribution in [0.5, 0.6) is 5.75 Å². The third kappa shape index (κ3) is 4.00. The first-order valence-electron chi connectivity index (χ1n) is 7.81. The summed E-state index contributed by atoms with van der Waals surface area (Å²) in [5.41, 5.74) is 1.08. The van der Waals surface area contributed by atoms with Crippen LogP contribution in [-0.4, -0.2) is 30.5 Å². The number of carbonyl (C=O) groups is 1. The number of carbonyl (C=O) groups excluding carboxylic acids is 1. The Morgan fingerprint density at radius 2 is 1.95 bits per heavy atom. The van der Waals surface area contributed by atoms with Crippen molar-refractivity contribution in [2.24, 2.45) is 5.92 Å². The molecule has 1 fully saturated rings. The lowest BCUT2D eigenvalue weighted by Crippen LogP contribution is -2.40. The summed E-state index contributed by atoms with van der Waals surface area (Å²) >= 11 is 0. The highest BCUT2D eigenvalue weighted by molar-refractivity contribution is 5.78. The van der Waals surface area contributed by atoms with E-state index in [1.807, 2.05) is 24.3 Å². The van der Waals surface area contributed by atoms with E-state index in [0.29, 0.717) is 13.1 Å². The number of amides is 1. The molecule has 0 bridgehead atoms. The fourth-order valence-electron chi connectivity index (χ4n) is 2.70. The molecule has 0 N–H and O–H groups in total. The standard InChI is InChI=1S/C18H24N2O2/c1-18(2,3)15-6-4-5-7-16(15)22-13-17(21)20-10-8-14(12-19)9-11-20/h4-7,14H,8-11,13H2,1-3H3. The molecule has 4 heteroatoms. The van der Waals surface area contributed by atoms with Crippen LogP contribution in [0.25, 0.3) is 0 Å². The van der Waals surface area contributed by atoms with Crippen molar-refractivity contribution in [3.8, 4) is 11.8 Å². The van der Waals surface area contributed by atoms with Gasteiger partial charge in [0.2, 0.25) is 0 Å². The highest BCUT2D eigenvalue weighted by Gasteiger charge is 2.24. The number of rotatable bonds is 3. The number of ether oxygens (including phenoxy) is 1. The molecule has 1 heterocycles. The molecule has 1 aliphatic rings. The van der Waals surface area contributed by atoms with E-state index in [4.69, 9.17) is 10.00 Å². The number of para-hydroxylation sites is 1. The molecule has 0 atom stereocenters. The van der Waals surface area contributed by atoms with E-state index in [0.717, 1.165) is 24.2 Å². The van der Waals surface area contributed by atoms with Crippen LogP contribution < -0.4 is 4.74 Å². The molecular formula is C18H24N2O2. The van der Waals surface area contributed by atoms with Gasteiger partial charge in [-0.05, 0) is 29.9 Å². The lowest BCUT2D eigenvalue weighted by molar-refractivity contribution is -0.134. The Balaban J connectivity index is 1.94. The van der Waals surface area contributed by atoms with Crippen molar-refractivity contribution in [2.75, 3.05) is 19.7 Å². The summed E-state index contributed by atoms with van der Waals surface area (Å²) in [7, 11) is 0. The van der Waals surface area contributed by atoms with E-state index in [2.05, 4.69) is 26.8 Å². The Hall–Kier alpha value is -2.02. The Morgan fingerprint density at radius 3 is 2.55 bits per heavy atom. The quantitative estimate of drug-likeness (QED) is 0.861. The third-order valence-electron chi connectivity index (χ3n) is 4.08. The van der Waals surface area contributed by atoms with Gasteiger partial charge in [0.05, 0.1) is 6.07 Å². The zero-order valence-electron chi connectivity index (χ0n) is 13.6. The maximum Gasteiger partial charge on any atom is 0.260 e. The number of nitrogens with zero attached hydrogens (tertiary/aromatic N) is 2. The van der Waals surface area contributed by atoms with Gasteiger partial charge in [-0.25, -0.2) is 0 Å². The first-order valence-corrected chi connectivity index (χ1v) is 7.81. The third-order valence-corrected chi connectivity index (χ3v) is 4.08. The average molecular weight is 300 g/mol. The van der Waals surface area contributed by atoms with E-state index in [1.165, 1.54) is 0 Å². The van der Waals surface area contributed by atoms with E-state index >= 15 is 0 Å². The molecule has 0 saturated carbocycles. The first kappa shape index (κ1) is 16.4. The van der Waals surface area contributed by atoms with Gasteiger partial charge in [-0.1, -0.05) is 39.0 Å². The molecule has 118 valence electrons. The smallest absolute Gasteiger partial charge is 0.260 e. The molecule has 1 aliphatic heterocycles. The number of hydrogen-bond donors (Lipinski definition) is 0. The summed E-state index contributed by atoms with van der Waals surface area (Å²) in [6.07, 6.45) is 1.53. The molecule has 1 aromatic rings. The minimum atomic E-state index is -0.0230. The van der Waals surface area contributed by atoms with Crippen molar-refractivity contribution in [2.45, 2.75) is 39.0 Å². The molecule has 0 aromatic heterocycles. The van der Waals surface area contributed by atoms with Gasteiger partial charge < -0.3 is 9.64 Å². The Labute approximate surface area is 132 Å². The SMILES string of the molecule is CC(C)(C)c1ccccc1OCC(=O)N1CCC(C#N)CC1. The minimum absolute atomic E-state index is 0.0000945. The molecule has 22 heavy (non-hydrogen) atoms. The summed E-state index contributed by atoms with van der Waals surface area (Å²) in [5.74, 6) is 0.863. The fraction of sp³-hybridized carbons (Fsp3) is 0.556. The average Bonchev–Trinajstić information content (AvgIpc) is 2.52. The number of likely N-dealkylation sites (tertiary alicyclic amines) is 1. The highest BCUT2D eigenvalue weighted by atomic mass is 16.5. The van der Waals surface area contributed by atoms with Gasteiger partial charge in [-0.2, -0.15) is 5.26 Å². The van der Waals surface area contributed by atoms with Crippen molar-refractivity contribution < 1.29 is 9.53 Å². The van der Waals surface area contributed by atoms with Gasteiger partial charge >= 0.3 is 0 Å². The fourth-order valence-corrected chi connectivity index (χ4v) is 2.70. The molecule has 0 unspecified atom stereocenters. The van der Waals surface area contributed by atoms with E-state index < -0.39 is 0 Å². The number of nitriles is 1. The molecule has 0 radical (unpaired) electrons. The van der Waals surface area contributed by atoms with Gasteiger partial charge in [0.15, 0.2) is 6.61 Å². The molecule has 1 saturated heterocycles. The molecule has 2 rings (SSSR count). The Morgan fingerprint density at radius 1 is 1.32 bits per heavy atom. The number of benzene rings is 1. The maximum absolute atomic E-state index is 12.2. The minimum Gasteiger partial charge on any atom is -0.483 e. The van der Waals surface area contributed by atoms with Gasteiger partial charge in [0.25, 0.3) is 5.91 Å².